The second-order valence-electron chi connectivity index (χ2n) is 5.93. The van der Waals surface area contributed by atoms with Gasteiger partial charge in [-0.2, -0.15) is 0 Å². The summed E-state index contributed by atoms with van der Waals surface area (Å²) < 4.78 is 5.81. The standard InChI is InChI=1S/C16H27NO2/c1-5-15(13-9-7-6-8-10-13)19-12-14(18)11-17-16(2,3)4/h6-10,14-15,17-18H,5,11-12H2,1-4H3/t14-,15-/m1/s1. The molecule has 1 aromatic rings. The summed E-state index contributed by atoms with van der Waals surface area (Å²) in [6.07, 6.45) is 0.492. The molecule has 2 N–H and O–H groups in total. The van der Waals surface area contributed by atoms with Gasteiger partial charge in [0.2, 0.25) is 0 Å². The minimum atomic E-state index is -0.475. The molecule has 0 saturated carbocycles. The molecule has 2 atom stereocenters. The Morgan fingerprint density at radius 1 is 1.21 bits per heavy atom. The molecule has 1 aromatic carbocycles. The van der Waals surface area contributed by atoms with Crippen molar-refractivity contribution in [2.45, 2.75) is 51.9 Å². The zero-order valence-electron chi connectivity index (χ0n) is 12.5. The quantitative estimate of drug-likeness (QED) is 0.796. The minimum Gasteiger partial charge on any atom is -0.389 e. The van der Waals surface area contributed by atoms with Crippen molar-refractivity contribution < 1.29 is 9.84 Å². The number of β-amino-alcohol motifs (C(OH)–C–C–N with tert-alkyl or cyclic N) is 1. The van der Waals surface area contributed by atoms with Crippen molar-refractivity contribution in [2.75, 3.05) is 13.2 Å². The predicted octanol–water partition coefficient (Wildman–Crippen LogP) is 2.90. The van der Waals surface area contributed by atoms with E-state index in [-0.39, 0.29) is 11.6 Å². The van der Waals surface area contributed by atoms with E-state index in [1.807, 2.05) is 18.2 Å². The van der Waals surface area contributed by atoms with Crippen molar-refractivity contribution in [1.82, 2.24) is 5.32 Å². The molecule has 0 spiro atoms. The van der Waals surface area contributed by atoms with Crippen LogP contribution in [0.1, 0.15) is 45.8 Å². The fourth-order valence-electron chi connectivity index (χ4n) is 1.83. The fraction of sp³-hybridized carbons (Fsp3) is 0.625. The number of aliphatic hydroxyl groups excluding tert-OH is 1. The third-order valence-corrected chi connectivity index (χ3v) is 2.90. The molecule has 0 heterocycles. The van der Waals surface area contributed by atoms with E-state index in [4.69, 9.17) is 4.74 Å². The Labute approximate surface area is 117 Å². The van der Waals surface area contributed by atoms with Crippen LogP contribution in [0.15, 0.2) is 30.3 Å². The van der Waals surface area contributed by atoms with Gasteiger partial charge in [0.15, 0.2) is 0 Å². The first-order valence-electron chi connectivity index (χ1n) is 7.02. The van der Waals surface area contributed by atoms with E-state index in [1.165, 1.54) is 5.56 Å². The zero-order chi connectivity index (χ0) is 14.3. The van der Waals surface area contributed by atoms with E-state index < -0.39 is 6.10 Å². The van der Waals surface area contributed by atoms with Gasteiger partial charge in [-0.15, -0.1) is 0 Å². The van der Waals surface area contributed by atoms with Crippen LogP contribution in [-0.2, 0) is 4.74 Å². The summed E-state index contributed by atoms with van der Waals surface area (Å²) in [5, 5.41) is 13.2. The Morgan fingerprint density at radius 3 is 2.37 bits per heavy atom. The van der Waals surface area contributed by atoms with Gasteiger partial charge in [-0.25, -0.2) is 0 Å². The van der Waals surface area contributed by atoms with Crippen LogP contribution < -0.4 is 5.32 Å². The summed E-state index contributed by atoms with van der Waals surface area (Å²) in [5.41, 5.74) is 1.19. The van der Waals surface area contributed by atoms with E-state index in [2.05, 4.69) is 45.1 Å². The largest absolute Gasteiger partial charge is 0.389 e. The lowest BCUT2D eigenvalue weighted by Gasteiger charge is -2.24. The third-order valence-electron chi connectivity index (χ3n) is 2.90. The summed E-state index contributed by atoms with van der Waals surface area (Å²) in [4.78, 5) is 0. The summed E-state index contributed by atoms with van der Waals surface area (Å²) in [6.45, 7) is 9.25. The van der Waals surface area contributed by atoms with Crippen LogP contribution in [0.5, 0.6) is 0 Å². The topological polar surface area (TPSA) is 41.5 Å². The van der Waals surface area contributed by atoms with Crippen molar-refractivity contribution in [1.29, 1.82) is 0 Å². The fourth-order valence-corrected chi connectivity index (χ4v) is 1.83. The summed E-state index contributed by atoms with van der Waals surface area (Å²) in [7, 11) is 0. The second kappa shape index (κ2) is 7.63. The molecular weight excluding hydrogens is 238 g/mol. The maximum Gasteiger partial charge on any atom is 0.0898 e. The van der Waals surface area contributed by atoms with E-state index in [0.29, 0.717) is 13.2 Å². The normalized spacial score (nSPS) is 15.2. The lowest BCUT2D eigenvalue weighted by atomic mass is 10.1. The van der Waals surface area contributed by atoms with Crippen LogP contribution >= 0.6 is 0 Å². The first-order chi connectivity index (χ1) is 8.92. The first-order valence-corrected chi connectivity index (χ1v) is 7.02. The van der Waals surface area contributed by atoms with Gasteiger partial charge in [0.1, 0.15) is 0 Å². The van der Waals surface area contributed by atoms with Gasteiger partial charge in [-0.1, -0.05) is 37.3 Å². The highest BCUT2D eigenvalue weighted by Gasteiger charge is 2.15. The maximum absolute atomic E-state index is 9.92. The monoisotopic (exact) mass is 265 g/mol. The van der Waals surface area contributed by atoms with Gasteiger partial charge in [-0.3, -0.25) is 0 Å². The lowest BCUT2D eigenvalue weighted by Crippen LogP contribution is -2.42. The highest BCUT2D eigenvalue weighted by atomic mass is 16.5. The Morgan fingerprint density at radius 2 is 1.84 bits per heavy atom. The highest BCUT2D eigenvalue weighted by Crippen LogP contribution is 2.20. The van der Waals surface area contributed by atoms with E-state index in [0.717, 1.165) is 6.42 Å². The molecule has 0 unspecified atom stereocenters. The highest BCUT2D eigenvalue weighted by molar-refractivity contribution is 5.17. The third kappa shape index (κ3) is 6.71. The number of ether oxygens (including phenoxy) is 1. The lowest BCUT2D eigenvalue weighted by molar-refractivity contribution is -0.0130. The summed E-state index contributed by atoms with van der Waals surface area (Å²) >= 11 is 0. The molecule has 0 aliphatic rings. The Balaban J connectivity index is 2.37. The van der Waals surface area contributed by atoms with Crippen LogP contribution in [0.3, 0.4) is 0 Å². The van der Waals surface area contributed by atoms with E-state index in [9.17, 15) is 5.11 Å². The number of hydrogen-bond acceptors (Lipinski definition) is 3. The summed E-state index contributed by atoms with van der Waals surface area (Å²) in [5.74, 6) is 0. The van der Waals surface area contributed by atoms with Crippen LogP contribution in [0.4, 0.5) is 0 Å². The van der Waals surface area contributed by atoms with Gasteiger partial charge in [0.25, 0.3) is 0 Å². The van der Waals surface area contributed by atoms with Gasteiger partial charge in [0.05, 0.1) is 18.8 Å². The molecule has 0 fully saturated rings. The zero-order valence-corrected chi connectivity index (χ0v) is 12.5. The number of hydrogen-bond donors (Lipinski definition) is 2. The predicted molar refractivity (Wildman–Crippen MR) is 79.2 cm³/mol. The number of rotatable bonds is 7. The summed E-state index contributed by atoms with van der Waals surface area (Å²) in [6, 6.07) is 10.2. The molecule has 1 rings (SSSR count). The van der Waals surface area contributed by atoms with Gasteiger partial charge in [-0.05, 0) is 32.8 Å². The van der Waals surface area contributed by atoms with Crippen LogP contribution in [0.2, 0.25) is 0 Å². The molecule has 0 aliphatic heterocycles. The van der Waals surface area contributed by atoms with Crippen LogP contribution in [0.25, 0.3) is 0 Å². The molecular formula is C16H27NO2. The molecule has 19 heavy (non-hydrogen) atoms. The van der Waals surface area contributed by atoms with Crippen molar-refractivity contribution in [3.63, 3.8) is 0 Å². The van der Waals surface area contributed by atoms with Gasteiger partial charge < -0.3 is 15.2 Å². The Hall–Kier alpha value is -0.900. The smallest absolute Gasteiger partial charge is 0.0898 e. The maximum atomic E-state index is 9.92. The Bertz CT molecular complexity index is 346. The molecule has 3 nitrogen and oxygen atoms in total. The first kappa shape index (κ1) is 16.2. The van der Waals surface area contributed by atoms with Crippen molar-refractivity contribution >= 4 is 0 Å². The minimum absolute atomic E-state index is 0.0184. The van der Waals surface area contributed by atoms with Crippen LogP contribution in [0, 0.1) is 0 Å². The number of benzene rings is 1. The number of nitrogens with one attached hydrogen (secondary N) is 1. The van der Waals surface area contributed by atoms with Crippen LogP contribution in [-0.4, -0.2) is 29.9 Å². The SMILES string of the molecule is CC[C@@H](OC[C@H](O)CNC(C)(C)C)c1ccccc1. The van der Waals surface area contributed by atoms with Gasteiger partial charge in [0, 0.05) is 12.1 Å². The molecule has 0 bridgehead atoms. The van der Waals surface area contributed by atoms with E-state index in [1.54, 1.807) is 0 Å². The average Bonchev–Trinajstić information content (AvgIpc) is 2.37. The molecule has 3 heteroatoms. The Kier molecular flexibility index (Phi) is 6.49. The molecule has 0 aliphatic carbocycles. The average molecular weight is 265 g/mol. The number of aliphatic hydroxyl groups is 1. The molecule has 108 valence electrons. The second-order valence-corrected chi connectivity index (χ2v) is 5.93. The van der Waals surface area contributed by atoms with Crippen molar-refractivity contribution in [3.05, 3.63) is 35.9 Å². The van der Waals surface area contributed by atoms with Crippen molar-refractivity contribution in [3.8, 4) is 0 Å². The molecule has 0 saturated heterocycles. The van der Waals surface area contributed by atoms with E-state index >= 15 is 0 Å². The van der Waals surface area contributed by atoms with Gasteiger partial charge >= 0.3 is 0 Å². The molecule has 0 amide bonds. The molecule has 0 aromatic heterocycles. The van der Waals surface area contributed by atoms with Crippen molar-refractivity contribution in [2.24, 2.45) is 0 Å². The molecule has 0 radical (unpaired) electrons.